The van der Waals surface area contributed by atoms with Gasteiger partial charge in [-0.2, -0.15) is 0 Å². The van der Waals surface area contributed by atoms with Gasteiger partial charge in [-0.15, -0.1) is 0 Å². The average Bonchev–Trinajstić information content (AvgIpc) is 2.50. The molecular formula is C10H14BrN3O. The van der Waals surface area contributed by atoms with Gasteiger partial charge < -0.3 is 4.74 Å². The lowest BCUT2D eigenvalue weighted by molar-refractivity contribution is 0.206. The molecule has 0 bridgehead atoms. The van der Waals surface area contributed by atoms with E-state index < -0.39 is 0 Å². The molecule has 0 amide bonds. The van der Waals surface area contributed by atoms with Crippen molar-refractivity contribution >= 4 is 15.9 Å². The summed E-state index contributed by atoms with van der Waals surface area (Å²) in [7, 11) is 2.12. The third kappa shape index (κ3) is 2.66. The molecule has 0 radical (unpaired) electrons. The Kier molecular flexibility index (Phi) is 3.21. The molecule has 4 nitrogen and oxygen atoms in total. The van der Waals surface area contributed by atoms with Crippen LogP contribution in [0.15, 0.2) is 17.1 Å². The van der Waals surface area contributed by atoms with Gasteiger partial charge >= 0.3 is 0 Å². The summed E-state index contributed by atoms with van der Waals surface area (Å²) in [5.41, 5.74) is 0. The Morgan fingerprint density at radius 2 is 2.13 bits per heavy atom. The fourth-order valence-corrected chi connectivity index (χ4v) is 1.98. The minimum Gasteiger partial charge on any atom is -0.486 e. The standard InChI is InChI=1S/C10H14BrN3O/c1-7-3-8(6-14(7)2)15-9-4-12-10(11)13-5-9/h4-5,7-8H,3,6H2,1-2H3/t7-,8+/m0/s1. The maximum atomic E-state index is 5.78. The van der Waals surface area contributed by atoms with Gasteiger partial charge in [0, 0.05) is 19.0 Å². The number of nitrogens with zero attached hydrogens (tertiary/aromatic N) is 3. The van der Waals surface area contributed by atoms with E-state index in [1.807, 2.05) is 0 Å². The van der Waals surface area contributed by atoms with E-state index in [2.05, 4.69) is 44.8 Å². The van der Waals surface area contributed by atoms with Crippen LogP contribution in [-0.2, 0) is 0 Å². The van der Waals surface area contributed by atoms with Crippen molar-refractivity contribution in [3.8, 4) is 5.75 Å². The predicted molar refractivity (Wildman–Crippen MR) is 60.9 cm³/mol. The van der Waals surface area contributed by atoms with Gasteiger partial charge in [0.1, 0.15) is 6.10 Å². The van der Waals surface area contributed by atoms with Crippen LogP contribution in [0.1, 0.15) is 13.3 Å². The number of aromatic nitrogens is 2. The highest BCUT2D eigenvalue weighted by atomic mass is 79.9. The van der Waals surface area contributed by atoms with Gasteiger partial charge in [-0.3, -0.25) is 4.90 Å². The molecule has 2 atom stereocenters. The van der Waals surface area contributed by atoms with Gasteiger partial charge in [-0.1, -0.05) is 0 Å². The van der Waals surface area contributed by atoms with E-state index in [9.17, 15) is 0 Å². The van der Waals surface area contributed by atoms with Crippen LogP contribution >= 0.6 is 15.9 Å². The summed E-state index contributed by atoms with van der Waals surface area (Å²) in [6.45, 7) is 3.18. The van der Waals surface area contributed by atoms with Crippen LogP contribution in [0.5, 0.6) is 5.75 Å². The van der Waals surface area contributed by atoms with Gasteiger partial charge in [0.15, 0.2) is 10.5 Å². The number of hydrogen-bond donors (Lipinski definition) is 0. The largest absolute Gasteiger partial charge is 0.486 e. The maximum absolute atomic E-state index is 5.78. The van der Waals surface area contributed by atoms with Crippen LogP contribution in [0.25, 0.3) is 0 Å². The third-order valence-electron chi connectivity index (χ3n) is 2.75. The number of halogens is 1. The van der Waals surface area contributed by atoms with E-state index in [0.29, 0.717) is 10.8 Å². The SMILES string of the molecule is C[C@H]1C[C@@H](Oc2cnc(Br)nc2)CN1C. The predicted octanol–water partition coefficient (Wildman–Crippen LogP) is 1.71. The second-order valence-electron chi connectivity index (χ2n) is 3.95. The number of ether oxygens (including phenoxy) is 1. The minimum absolute atomic E-state index is 0.259. The van der Waals surface area contributed by atoms with Crippen LogP contribution in [0.3, 0.4) is 0 Å². The summed E-state index contributed by atoms with van der Waals surface area (Å²) >= 11 is 3.19. The van der Waals surface area contributed by atoms with Crippen molar-refractivity contribution < 1.29 is 4.74 Å². The fraction of sp³-hybridized carbons (Fsp3) is 0.600. The van der Waals surface area contributed by atoms with Crippen LogP contribution in [0.4, 0.5) is 0 Å². The highest BCUT2D eigenvalue weighted by Gasteiger charge is 2.27. The molecule has 1 saturated heterocycles. The van der Waals surface area contributed by atoms with Crippen molar-refractivity contribution in [3.05, 3.63) is 17.1 Å². The molecular weight excluding hydrogens is 258 g/mol. The molecule has 0 aromatic carbocycles. The molecule has 0 spiro atoms. The van der Waals surface area contributed by atoms with Crippen LogP contribution in [0.2, 0.25) is 0 Å². The number of hydrogen-bond acceptors (Lipinski definition) is 4. The van der Waals surface area contributed by atoms with E-state index in [1.54, 1.807) is 12.4 Å². The van der Waals surface area contributed by atoms with E-state index >= 15 is 0 Å². The number of likely N-dealkylation sites (tertiary alicyclic amines) is 1. The van der Waals surface area contributed by atoms with Crippen molar-refractivity contribution in [2.24, 2.45) is 0 Å². The third-order valence-corrected chi connectivity index (χ3v) is 3.16. The number of rotatable bonds is 2. The zero-order chi connectivity index (χ0) is 10.8. The van der Waals surface area contributed by atoms with E-state index in [0.717, 1.165) is 18.7 Å². The highest BCUT2D eigenvalue weighted by Crippen LogP contribution is 2.20. The van der Waals surface area contributed by atoms with Crippen molar-refractivity contribution in [1.29, 1.82) is 0 Å². The molecule has 1 fully saturated rings. The highest BCUT2D eigenvalue weighted by molar-refractivity contribution is 9.10. The van der Waals surface area contributed by atoms with Crippen molar-refractivity contribution in [2.75, 3.05) is 13.6 Å². The molecule has 1 aliphatic heterocycles. The lowest BCUT2D eigenvalue weighted by Gasteiger charge is -2.13. The number of likely N-dealkylation sites (N-methyl/N-ethyl adjacent to an activating group) is 1. The Labute approximate surface area is 97.8 Å². The van der Waals surface area contributed by atoms with Crippen LogP contribution < -0.4 is 4.74 Å². The molecule has 82 valence electrons. The maximum Gasteiger partial charge on any atom is 0.196 e. The van der Waals surface area contributed by atoms with Crippen molar-refractivity contribution in [1.82, 2.24) is 14.9 Å². The quantitative estimate of drug-likeness (QED) is 0.768. The summed E-state index contributed by atoms with van der Waals surface area (Å²) in [4.78, 5) is 10.3. The van der Waals surface area contributed by atoms with Gasteiger partial charge in [0.05, 0.1) is 12.4 Å². The van der Waals surface area contributed by atoms with Gasteiger partial charge in [0.2, 0.25) is 0 Å². The Hall–Kier alpha value is -0.680. The van der Waals surface area contributed by atoms with E-state index in [-0.39, 0.29) is 6.10 Å². The van der Waals surface area contributed by atoms with Gasteiger partial charge in [-0.25, -0.2) is 9.97 Å². The minimum atomic E-state index is 0.259. The Morgan fingerprint density at radius 3 is 2.67 bits per heavy atom. The molecule has 2 rings (SSSR count). The van der Waals surface area contributed by atoms with E-state index in [4.69, 9.17) is 4.74 Å². The Morgan fingerprint density at radius 1 is 1.47 bits per heavy atom. The second-order valence-corrected chi connectivity index (χ2v) is 4.66. The first-order valence-electron chi connectivity index (χ1n) is 4.99. The smallest absolute Gasteiger partial charge is 0.196 e. The molecule has 1 aromatic rings. The molecule has 5 heteroatoms. The summed E-state index contributed by atoms with van der Waals surface area (Å²) in [5.74, 6) is 0.741. The summed E-state index contributed by atoms with van der Waals surface area (Å²) in [6.07, 6.45) is 4.71. The Balaban J connectivity index is 1.95. The topological polar surface area (TPSA) is 38.3 Å². The lowest BCUT2D eigenvalue weighted by Crippen LogP contribution is -2.23. The van der Waals surface area contributed by atoms with Gasteiger partial charge in [0.25, 0.3) is 0 Å². The average molecular weight is 272 g/mol. The first-order valence-corrected chi connectivity index (χ1v) is 5.79. The fourth-order valence-electron chi connectivity index (χ4n) is 1.78. The first-order chi connectivity index (χ1) is 7.15. The Bertz CT molecular complexity index is 320. The van der Waals surface area contributed by atoms with E-state index in [1.165, 1.54) is 0 Å². The van der Waals surface area contributed by atoms with Gasteiger partial charge in [-0.05, 0) is 29.9 Å². The second kappa shape index (κ2) is 4.45. The summed E-state index contributed by atoms with van der Waals surface area (Å²) in [5, 5.41) is 0. The zero-order valence-corrected chi connectivity index (χ0v) is 10.4. The van der Waals surface area contributed by atoms with Crippen molar-refractivity contribution in [3.63, 3.8) is 0 Å². The molecule has 0 N–H and O–H groups in total. The molecule has 1 aliphatic rings. The van der Waals surface area contributed by atoms with Crippen LogP contribution in [0, 0.1) is 0 Å². The molecule has 15 heavy (non-hydrogen) atoms. The molecule has 1 aromatic heterocycles. The molecule has 0 saturated carbocycles. The molecule has 2 heterocycles. The van der Waals surface area contributed by atoms with Crippen LogP contribution in [-0.4, -0.2) is 40.6 Å². The molecule has 0 unspecified atom stereocenters. The van der Waals surface area contributed by atoms with Crippen molar-refractivity contribution in [2.45, 2.75) is 25.5 Å². The molecule has 0 aliphatic carbocycles. The zero-order valence-electron chi connectivity index (χ0n) is 8.85. The monoisotopic (exact) mass is 271 g/mol. The summed E-state index contributed by atoms with van der Waals surface area (Å²) < 4.78 is 6.37. The first kappa shape index (κ1) is 10.8. The lowest BCUT2D eigenvalue weighted by atomic mass is 10.2. The normalized spacial score (nSPS) is 26.9. The summed E-state index contributed by atoms with van der Waals surface area (Å²) in [6, 6.07) is 0.589.